The molecule has 0 aliphatic carbocycles. The van der Waals surface area contributed by atoms with Crippen molar-refractivity contribution in [3.63, 3.8) is 0 Å². The number of anilines is 2. The molecule has 0 bridgehead atoms. The molecule has 0 unspecified atom stereocenters. The average Bonchev–Trinajstić information content (AvgIpc) is 2.45. The summed E-state index contributed by atoms with van der Waals surface area (Å²) in [6.45, 7) is 7.23. The van der Waals surface area contributed by atoms with Gasteiger partial charge >= 0.3 is 6.09 Å². The molecular formula is C18H21N3O3. The van der Waals surface area contributed by atoms with Gasteiger partial charge in [0.2, 0.25) is 0 Å². The summed E-state index contributed by atoms with van der Waals surface area (Å²) in [6.07, 6.45) is -0.538. The Morgan fingerprint density at radius 1 is 1.00 bits per heavy atom. The van der Waals surface area contributed by atoms with Gasteiger partial charge in [-0.25, -0.2) is 9.78 Å². The highest BCUT2D eigenvalue weighted by atomic mass is 16.6. The lowest BCUT2D eigenvalue weighted by Gasteiger charge is -2.19. The predicted molar refractivity (Wildman–Crippen MR) is 93.2 cm³/mol. The van der Waals surface area contributed by atoms with Gasteiger partial charge in [0, 0.05) is 16.9 Å². The molecule has 0 saturated heterocycles. The Hall–Kier alpha value is -2.89. The van der Waals surface area contributed by atoms with Gasteiger partial charge in [0.25, 0.3) is 5.91 Å². The number of carbonyl (C=O) groups excluding carboxylic acids is 2. The van der Waals surface area contributed by atoms with E-state index in [0.717, 1.165) is 5.69 Å². The lowest BCUT2D eigenvalue weighted by Crippen LogP contribution is -2.27. The number of rotatable bonds is 3. The molecule has 0 saturated carbocycles. The minimum absolute atomic E-state index is 0.267. The van der Waals surface area contributed by atoms with Crippen LogP contribution in [-0.2, 0) is 4.74 Å². The molecule has 2 amide bonds. The van der Waals surface area contributed by atoms with Crippen LogP contribution in [0.25, 0.3) is 0 Å². The Morgan fingerprint density at radius 2 is 1.67 bits per heavy atom. The van der Waals surface area contributed by atoms with Crippen LogP contribution in [0.15, 0.2) is 42.5 Å². The van der Waals surface area contributed by atoms with Crippen LogP contribution in [0.1, 0.15) is 36.8 Å². The highest BCUT2D eigenvalue weighted by Gasteiger charge is 2.16. The largest absolute Gasteiger partial charge is 0.444 e. The normalized spacial score (nSPS) is 10.8. The summed E-state index contributed by atoms with van der Waals surface area (Å²) in [5.41, 5.74) is 1.28. The minimum atomic E-state index is -0.565. The van der Waals surface area contributed by atoms with Crippen LogP contribution in [0.4, 0.5) is 16.3 Å². The van der Waals surface area contributed by atoms with Gasteiger partial charge in [-0.3, -0.25) is 10.1 Å². The molecule has 2 N–H and O–H groups in total. The second-order valence-electron chi connectivity index (χ2n) is 6.32. The number of pyridine rings is 1. The van der Waals surface area contributed by atoms with E-state index in [1.807, 2.05) is 19.1 Å². The number of nitrogens with zero attached hydrogens (tertiary/aromatic N) is 1. The van der Waals surface area contributed by atoms with Crippen molar-refractivity contribution in [1.29, 1.82) is 0 Å². The van der Waals surface area contributed by atoms with Gasteiger partial charge in [0.05, 0.1) is 0 Å². The molecule has 6 nitrogen and oxygen atoms in total. The molecule has 0 aliphatic rings. The van der Waals surface area contributed by atoms with E-state index >= 15 is 0 Å². The maximum absolute atomic E-state index is 12.2. The van der Waals surface area contributed by atoms with Crippen molar-refractivity contribution in [2.45, 2.75) is 33.3 Å². The third kappa shape index (κ3) is 5.39. The molecule has 1 aromatic heterocycles. The number of hydrogen-bond donors (Lipinski definition) is 2. The van der Waals surface area contributed by atoms with E-state index in [9.17, 15) is 9.59 Å². The summed E-state index contributed by atoms with van der Waals surface area (Å²) in [4.78, 5) is 28.1. The van der Waals surface area contributed by atoms with Crippen LogP contribution in [0.3, 0.4) is 0 Å². The van der Waals surface area contributed by atoms with Crippen LogP contribution in [0, 0.1) is 6.92 Å². The molecule has 2 aromatic rings. The van der Waals surface area contributed by atoms with Crippen LogP contribution >= 0.6 is 0 Å². The van der Waals surface area contributed by atoms with Gasteiger partial charge in [-0.05, 0) is 64.1 Å². The number of nitrogens with one attached hydrogen (secondary N) is 2. The van der Waals surface area contributed by atoms with Crippen LogP contribution in [-0.4, -0.2) is 22.6 Å². The molecular weight excluding hydrogens is 306 g/mol. The molecule has 0 atom stereocenters. The highest BCUT2D eigenvalue weighted by molar-refractivity contribution is 6.04. The third-order valence-corrected chi connectivity index (χ3v) is 2.92. The number of amides is 2. The smallest absolute Gasteiger partial charge is 0.412 e. The first-order valence-electron chi connectivity index (χ1n) is 7.58. The number of aromatic nitrogens is 1. The Bertz CT molecular complexity index is 734. The number of ether oxygens (including phenoxy) is 1. The molecule has 1 heterocycles. The zero-order valence-electron chi connectivity index (χ0n) is 14.2. The van der Waals surface area contributed by atoms with Crippen molar-refractivity contribution in [3.05, 3.63) is 53.7 Å². The van der Waals surface area contributed by atoms with E-state index in [-0.39, 0.29) is 5.91 Å². The average molecular weight is 327 g/mol. The van der Waals surface area contributed by atoms with E-state index in [2.05, 4.69) is 15.6 Å². The lowest BCUT2D eigenvalue weighted by molar-refractivity contribution is 0.0636. The SMILES string of the molecule is Cc1cccc(NC(=O)c2ccc(NC(=O)OC(C)(C)C)cc2)n1. The Labute approximate surface area is 141 Å². The van der Waals surface area contributed by atoms with Gasteiger partial charge in [-0.2, -0.15) is 0 Å². The summed E-state index contributed by atoms with van der Waals surface area (Å²) in [7, 11) is 0. The highest BCUT2D eigenvalue weighted by Crippen LogP contribution is 2.14. The summed E-state index contributed by atoms with van der Waals surface area (Å²) in [5, 5.41) is 5.34. The van der Waals surface area contributed by atoms with Crippen LogP contribution < -0.4 is 10.6 Å². The summed E-state index contributed by atoms with van der Waals surface area (Å²) < 4.78 is 5.17. The number of aryl methyl sites for hydroxylation is 1. The minimum Gasteiger partial charge on any atom is -0.444 e. The molecule has 24 heavy (non-hydrogen) atoms. The standard InChI is InChI=1S/C18H21N3O3/c1-12-6-5-7-15(19-12)21-16(22)13-8-10-14(11-9-13)20-17(23)24-18(2,3)4/h5-11H,1-4H3,(H,20,23)(H,19,21,22). The van der Waals surface area contributed by atoms with E-state index in [4.69, 9.17) is 4.74 Å². The number of hydrogen-bond acceptors (Lipinski definition) is 4. The summed E-state index contributed by atoms with van der Waals surface area (Å²) in [6, 6.07) is 11.9. The first kappa shape index (κ1) is 17.5. The van der Waals surface area contributed by atoms with Crippen molar-refractivity contribution in [2.75, 3.05) is 10.6 Å². The number of carbonyl (C=O) groups is 2. The Balaban J connectivity index is 1.98. The zero-order chi connectivity index (χ0) is 17.7. The first-order valence-corrected chi connectivity index (χ1v) is 7.58. The molecule has 0 radical (unpaired) electrons. The predicted octanol–water partition coefficient (Wildman–Crippen LogP) is 3.99. The molecule has 0 aliphatic heterocycles. The van der Waals surface area contributed by atoms with E-state index in [1.165, 1.54) is 0 Å². The maximum Gasteiger partial charge on any atom is 0.412 e. The monoisotopic (exact) mass is 327 g/mol. The number of benzene rings is 1. The second kappa shape index (κ2) is 7.12. The van der Waals surface area contributed by atoms with E-state index in [0.29, 0.717) is 17.1 Å². The second-order valence-corrected chi connectivity index (χ2v) is 6.32. The van der Waals surface area contributed by atoms with Gasteiger partial charge in [0.15, 0.2) is 0 Å². The summed E-state index contributed by atoms with van der Waals surface area (Å²) >= 11 is 0. The van der Waals surface area contributed by atoms with E-state index < -0.39 is 11.7 Å². The van der Waals surface area contributed by atoms with Crippen LogP contribution in [0.5, 0.6) is 0 Å². The van der Waals surface area contributed by atoms with Crippen molar-refractivity contribution < 1.29 is 14.3 Å². The van der Waals surface area contributed by atoms with Crippen molar-refractivity contribution in [1.82, 2.24) is 4.98 Å². The fraction of sp³-hybridized carbons (Fsp3) is 0.278. The summed E-state index contributed by atoms with van der Waals surface area (Å²) in [5.74, 6) is 0.230. The third-order valence-electron chi connectivity index (χ3n) is 2.92. The van der Waals surface area contributed by atoms with E-state index in [1.54, 1.807) is 51.1 Å². The maximum atomic E-state index is 12.2. The van der Waals surface area contributed by atoms with Gasteiger partial charge < -0.3 is 10.1 Å². The molecule has 0 spiro atoms. The zero-order valence-corrected chi connectivity index (χ0v) is 14.2. The van der Waals surface area contributed by atoms with Gasteiger partial charge in [-0.15, -0.1) is 0 Å². The van der Waals surface area contributed by atoms with Crippen molar-refractivity contribution >= 4 is 23.5 Å². The fourth-order valence-corrected chi connectivity index (χ4v) is 1.93. The van der Waals surface area contributed by atoms with Crippen molar-refractivity contribution in [3.8, 4) is 0 Å². The molecule has 2 rings (SSSR count). The Kier molecular flexibility index (Phi) is 5.18. The van der Waals surface area contributed by atoms with Crippen molar-refractivity contribution in [2.24, 2.45) is 0 Å². The fourth-order valence-electron chi connectivity index (χ4n) is 1.93. The molecule has 1 aromatic carbocycles. The lowest BCUT2D eigenvalue weighted by atomic mass is 10.2. The molecule has 0 fully saturated rings. The first-order chi connectivity index (χ1) is 11.2. The van der Waals surface area contributed by atoms with Gasteiger partial charge in [-0.1, -0.05) is 6.07 Å². The molecule has 126 valence electrons. The quantitative estimate of drug-likeness (QED) is 0.893. The van der Waals surface area contributed by atoms with Crippen LogP contribution in [0.2, 0.25) is 0 Å². The van der Waals surface area contributed by atoms with Gasteiger partial charge in [0.1, 0.15) is 11.4 Å². The molecule has 6 heteroatoms. The topological polar surface area (TPSA) is 80.3 Å². The Morgan fingerprint density at radius 3 is 2.25 bits per heavy atom.